The summed E-state index contributed by atoms with van der Waals surface area (Å²) in [7, 11) is 0. The molecule has 1 aliphatic rings. The lowest BCUT2D eigenvalue weighted by molar-refractivity contribution is 0.0852. The number of carbonyl (C=O) groups is 2. The van der Waals surface area contributed by atoms with E-state index in [1.165, 1.54) is 13.0 Å². The zero-order valence-electron chi connectivity index (χ0n) is 9.78. The molecule has 0 aromatic heterocycles. The van der Waals surface area contributed by atoms with Gasteiger partial charge in [0.05, 0.1) is 11.7 Å². The lowest BCUT2D eigenvalue weighted by Gasteiger charge is -2.23. The molecular formula is C13H14O4. The average Bonchev–Trinajstić information content (AvgIpc) is 2.13. The number of hydrogen-bond acceptors (Lipinski definition) is 4. The fourth-order valence-corrected chi connectivity index (χ4v) is 2.50. The molecule has 0 spiro atoms. The molecule has 1 atom stereocenters. The summed E-state index contributed by atoms with van der Waals surface area (Å²) in [5.41, 5.74) is 1.82. The summed E-state index contributed by atoms with van der Waals surface area (Å²) in [6.45, 7) is 3.02. The highest BCUT2D eigenvalue weighted by Gasteiger charge is 2.28. The third kappa shape index (κ3) is 1.85. The predicted octanol–water partition coefficient (Wildman–Crippen LogP) is 1.39. The fraction of sp³-hybridized carbons (Fsp3) is 0.385. The lowest BCUT2D eigenvalue weighted by atomic mass is 9.83. The van der Waals surface area contributed by atoms with Crippen molar-refractivity contribution in [3.05, 3.63) is 28.3 Å². The number of phenols is 1. The number of aromatic hydroxyl groups is 1. The number of phenolic OH excluding ortho intramolecular Hbond substituents is 1. The summed E-state index contributed by atoms with van der Waals surface area (Å²) in [6, 6.07) is 1.42. The number of ketones is 2. The second kappa shape index (κ2) is 3.96. The third-order valence-corrected chi connectivity index (χ3v) is 3.15. The monoisotopic (exact) mass is 234 g/mol. The molecule has 1 aromatic carbocycles. The van der Waals surface area contributed by atoms with Gasteiger partial charge in [-0.2, -0.15) is 0 Å². The zero-order valence-corrected chi connectivity index (χ0v) is 9.78. The van der Waals surface area contributed by atoms with E-state index in [2.05, 4.69) is 0 Å². The lowest BCUT2D eigenvalue weighted by Crippen LogP contribution is -2.25. The van der Waals surface area contributed by atoms with Crippen LogP contribution < -0.4 is 0 Å². The van der Waals surface area contributed by atoms with Gasteiger partial charge in [-0.15, -0.1) is 0 Å². The van der Waals surface area contributed by atoms with Crippen LogP contribution in [0.4, 0.5) is 0 Å². The van der Waals surface area contributed by atoms with Crippen LogP contribution in [0.2, 0.25) is 0 Å². The van der Waals surface area contributed by atoms with Crippen LogP contribution in [0.1, 0.15) is 45.2 Å². The molecule has 0 fully saturated rings. The number of fused-ring (bicyclic) bond motifs is 1. The van der Waals surface area contributed by atoms with Gasteiger partial charge in [0.2, 0.25) is 0 Å². The smallest absolute Gasteiger partial charge is 0.166 e. The number of carbonyl (C=O) groups excluding carboxylic acids is 2. The summed E-state index contributed by atoms with van der Waals surface area (Å²) in [5.74, 6) is -0.545. The number of aliphatic hydroxyl groups is 1. The minimum Gasteiger partial charge on any atom is -0.507 e. The van der Waals surface area contributed by atoms with Gasteiger partial charge in [0.1, 0.15) is 5.75 Å². The molecule has 0 bridgehead atoms. The molecule has 2 rings (SSSR count). The number of benzene rings is 1. The van der Waals surface area contributed by atoms with Crippen molar-refractivity contribution in [2.24, 2.45) is 0 Å². The van der Waals surface area contributed by atoms with Crippen LogP contribution in [0.15, 0.2) is 6.07 Å². The number of hydrogen-bond donors (Lipinski definition) is 2. The molecule has 0 aliphatic heterocycles. The topological polar surface area (TPSA) is 74.6 Å². The first kappa shape index (κ1) is 11.8. The number of Topliss-reactive ketones (excluding diaryl/α,β-unsaturated/α-hetero) is 2. The van der Waals surface area contributed by atoms with Gasteiger partial charge < -0.3 is 10.2 Å². The van der Waals surface area contributed by atoms with Gasteiger partial charge in [0.15, 0.2) is 11.6 Å². The molecule has 0 heterocycles. The van der Waals surface area contributed by atoms with Crippen LogP contribution >= 0.6 is 0 Å². The second-order valence-electron chi connectivity index (χ2n) is 4.47. The second-order valence-corrected chi connectivity index (χ2v) is 4.47. The molecule has 4 heteroatoms. The van der Waals surface area contributed by atoms with Gasteiger partial charge in [0.25, 0.3) is 0 Å². The highest BCUT2D eigenvalue weighted by Crippen LogP contribution is 2.32. The Balaban J connectivity index is 2.70. The van der Waals surface area contributed by atoms with Crippen molar-refractivity contribution < 1.29 is 19.8 Å². The van der Waals surface area contributed by atoms with Crippen LogP contribution in [0.3, 0.4) is 0 Å². The quantitative estimate of drug-likeness (QED) is 0.720. The molecule has 4 nitrogen and oxygen atoms in total. The van der Waals surface area contributed by atoms with Crippen molar-refractivity contribution in [3.63, 3.8) is 0 Å². The predicted molar refractivity (Wildman–Crippen MR) is 61.5 cm³/mol. The van der Waals surface area contributed by atoms with E-state index in [-0.39, 0.29) is 29.3 Å². The Morgan fingerprint density at radius 1 is 1.41 bits per heavy atom. The van der Waals surface area contributed by atoms with E-state index in [0.29, 0.717) is 23.1 Å². The van der Waals surface area contributed by atoms with E-state index in [9.17, 15) is 19.8 Å². The van der Waals surface area contributed by atoms with Crippen LogP contribution in [-0.4, -0.2) is 27.9 Å². The summed E-state index contributed by atoms with van der Waals surface area (Å²) >= 11 is 0. The van der Waals surface area contributed by atoms with Crippen molar-refractivity contribution in [2.75, 3.05) is 0 Å². The first-order valence-corrected chi connectivity index (χ1v) is 5.49. The molecule has 0 radical (unpaired) electrons. The van der Waals surface area contributed by atoms with Crippen molar-refractivity contribution in [2.45, 2.75) is 32.8 Å². The van der Waals surface area contributed by atoms with E-state index in [0.717, 1.165) is 0 Å². The van der Waals surface area contributed by atoms with Gasteiger partial charge in [-0.25, -0.2) is 0 Å². The molecule has 1 aromatic rings. The Kier molecular flexibility index (Phi) is 2.75. The van der Waals surface area contributed by atoms with Crippen LogP contribution in [0.25, 0.3) is 0 Å². The number of rotatable bonds is 1. The normalized spacial score (nSPS) is 19.0. The van der Waals surface area contributed by atoms with Crippen LogP contribution in [0.5, 0.6) is 5.75 Å². The highest BCUT2D eigenvalue weighted by atomic mass is 16.3. The van der Waals surface area contributed by atoms with Crippen molar-refractivity contribution >= 4 is 11.6 Å². The molecule has 17 heavy (non-hydrogen) atoms. The maximum atomic E-state index is 11.8. The summed E-state index contributed by atoms with van der Waals surface area (Å²) in [4.78, 5) is 23.3. The minimum atomic E-state index is -0.697. The molecule has 90 valence electrons. The Hall–Kier alpha value is -1.68. The van der Waals surface area contributed by atoms with Gasteiger partial charge in [0, 0.05) is 12.0 Å². The molecular weight excluding hydrogens is 220 g/mol. The van der Waals surface area contributed by atoms with Gasteiger partial charge in [-0.1, -0.05) is 0 Å². The van der Waals surface area contributed by atoms with Crippen LogP contribution in [0, 0.1) is 6.92 Å². The summed E-state index contributed by atoms with van der Waals surface area (Å²) in [6.07, 6.45) is -0.277. The SMILES string of the molecule is CC(=O)c1c(O)cc2c(c1C)C(=O)C[C@H](O)C2. The zero-order chi connectivity index (χ0) is 12.7. The number of aliphatic hydroxyl groups excluding tert-OH is 1. The highest BCUT2D eigenvalue weighted by molar-refractivity contribution is 6.06. The Labute approximate surface area is 98.9 Å². The van der Waals surface area contributed by atoms with Crippen molar-refractivity contribution in [1.29, 1.82) is 0 Å². The average molecular weight is 234 g/mol. The Morgan fingerprint density at radius 2 is 2.06 bits per heavy atom. The minimum absolute atomic E-state index is 0.0793. The van der Waals surface area contributed by atoms with Crippen molar-refractivity contribution in [3.8, 4) is 5.75 Å². The third-order valence-electron chi connectivity index (χ3n) is 3.15. The van der Waals surface area contributed by atoms with Crippen LogP contribution in [-0.2, 0) is 6.42 Å². The Morgan fingerprint density at radius 3 is 2.65 bits per heavy atom. The van der Waals surface area contributed by atoms with E-state index < -0.39 is 6.10 Å². The van der Waals surface area contributed by atoms with Gasteiger partial charge in [-0.05, 0) is 37.5 Å². The molecule has 0 saturated heterocycles. The maximum absolute atomic E-state index is 11.8. The largest absolute Gasteiger partial charge is 0.507 e. The van der Waals surface area contributed by atoms with Gasteiger partial charge in [-0.3, -0.25) is 9.59 Å². The first-order valence-electron chi connectivity index (χ1n) is 5.49. The fourth-order valence-electron chi connectivity index (χ4n) is 2.50. The van der Waals surface area contributed by atoms with Gasteiger partial charge >= 0.3 is 0 Å². The standard InChI is InChI=1S/C13H14O4/c1-6-12(7(2)14)10(16)4-8-3-9(15)5-11(17)13(6)8/h4,9,15-16H,3,5H2,1-2H3/t9-/m1/s1. The molecule has 1 aliphatic carbocycles. The molecule has 0 saturated carbocycles. The summed E-state index contributed by atoms with van der Waals surface area (Å²) < 4.78 is 0. The van der Waals surface area contributed by atoms with E-state index in [4.69, 9.17) is 0 Å². The molecule has 0 unspecified atom stereocenters. The summed E-state index contributed by atoms with van der Waals surface area (Å²) in [5, 5.41) is 19.3. The van der Waals surface area contributed by atoms with Crippen molar-refractivity contribution in [1.82, 2.24) is 0 Å². The van der Waals surface area contributed by atoms with E-state index in [1.807, 2.05) is 0 Å². The van der Waals surface area contributed by atoms with E-state index in [1.54, 1.807) is 6.92 Å². The first-order chi connectivity index (χ1) is 7.91. The maximum Gasteiger partial charge on any atom is 0.166 e. The molecule has 2 N–H and O–H groups in total. The van der Waals surface area contributed by atoms with E-state index >= 15 is 0 Å². The molecule has 0 amide bonds. The Bertz CT molecular complexity index is 517.